The number of hydrogen-bond acceptors (Lipinski definition) is 4. The Hall–Kier alpha value is -1.82. The van der Waals surface area contributed by atoms with E-state index < -0.39 is 0 Å². The van der Waals surface area contributed by atoms with Gasteiger partial charge in [0, 0.05) is 0 Å². The number of aromatic nitrogens is 1. The zero-order valence-electron chi connectivity index (χ0n) is 8.11. The third kappa shape index (κ3) is 2.22. The topological polar surface area (TPSA) is 81.1 Å². The lowest BCUT2D eigenvalue weighted by atomic mass is 10.3. The van der Waals surface area contributed by atoms with Crippen molar-refractivity contribution >= 4 is 33.3 Å². The number of carbonyl (C=O) groups is 1. The third-order valence-electron chi connectivity index (χ3n) is 1.91. The second-order valence-electron chi connectivity index (χ2n) is 3.03. The van der Waals surface area contributed by atoms with Gasteiger partial charge in [-0.3, -0.25) is 4.79 Å². The van der Waals surface area contributed by atoms with Crippen molar-refractivity contribution in [3.8, 4) is 0 Å². The van der Waals surface area contributed by atoms with Crippen molar-refractivity contribution in [1.29, 1.82) is 0 Å². The van der Waals surface area contributed by atoms with Crippen molar-refractivity contribution in [1.82, 2.24) is 4.98 Å². The van der Waals surface area contributed by atoms with E-state index in [1.165, 1.54) is 12.5 Å². The average Bonchev–Trinajstić information content (AvgIpc) is 2.68. The Morgan fingerprint density at radius 3 is 2.81 bits per heavy atom. The van der Waals surface area contributed by atoms with Gasteiger partial charge in [0.15, 0.2) is 4.67 Å². The largest absolute Gasteiger partial charge is 0.457 e. The van der Waals surface area contributed by atoms with Crippen LogP contribution in [0.4, 0.5) is 11.5 Å². The first-order valence-corrected chi connectivity index (χ1v) is 5.22. The van der Waals surface area contributed by atoms with E-state index in [2.05, 4.69) is 26.2 Å². The number of rotatable bonds is 2. The summed E-state index contributed by atoms with van der Waals surface area (Å²) >= 11 is 3.13. The number of nitrogen functional groups attached to an aromatic ring is 1. The molecule has 2 heterocycles. The van der Waals surface area contributed by atoms with Crippen molar-refractivity contribution in [2.24, 2.45) is 0 Å². The Morgan fingerprint density at radius 2 is 2.25 bits per heavy atom. The van der Waals surface area contributed by atoms with Crippen LogP contribution in [0, 0.1) is 0 Å². The van der Waals surface area contributed by atoms with Gasteiger partial charge in [-0.2, -0.15) is 0 Å². The predicted octanol–water partition coefficient (Wildman–Crippen LogP) is 2.27. The summed E-state index contributed by atoms with van der Waals surface area (Å²) in [6.07, 6.45) is 2.92. The molecule has 2 aromatic heterocycles. The average molecular weight is 282 g/mol. The number of hydrogen-bond donors (Lipinski definition) is 2. The molecular formula is C10H8BrN3O2. The van der Waals surface area contributed by atoms with Crippen molar-refractivity contribution in [2.75, 3.05) is 11.1 Å². The highest BCUT2D eigenvalue weighted by Crippen LogP contribution is 2.19. The Morgan fingerprint density at radius 1 is 1.44 bits per heavy atom. The molecule has 0 aromatic carbocycles. The number of carbonyl (C=O) groups excluding carboxylic acids is 1. The molecule has 16 heavy (non-hydrogen) atoms. The van der Waals surface area contributed by atoms with E-state index >= 15 is 0 Å². The van der Waals surface area contributed by atoms with Gasteiger partial charge < -0.3 is 15.5 Å². The Bertz CT molecular complexity index is 507. The molecule has 0 radical (unpaired) electrons. The third-order valence-corrected chi connectivity index (χ3v) is 2.52. The summed E-state index contributed by atoms with van der Waals surface area (Å²) in [5.41, 5.74) is 6.43. The Kier molecular flexibility index (Phi) is 2.91. The van der Waals surface area contributed by atoms with Gasteiger partial charge in [0.1, 0.15) is 5.82 Å². The molecule has 5 nitrogen and oxygen atoms in total. The van der Waals surface area contributed by atoms with Gasteiger partial charge in [-0.25, -0.2) is 4.98 Å². The minimum absolute atomic E-state index is 0.271. The number of amides is 1. The maximum atomic E-state index is 11.7. The number of halogens is 1. The van der Waals surface area contributed by atoms with Crippen LogP contribution in [-0.2, 0) is 0 Å². The summed E-state index contributed by atoms with van der Waals surface area (Å²) in [5, 5.41) is 2.67. The molecule has 0 unspecified atom stereocenters. The second kappa shape index (κ2) is 4.36. The summed E-state index contributed by atoms with van der Waals surface area (Å²) < 4.78 is 5.36. The van der Waals surface area contributed by atoms with E-state index in [9.17, 15) is 4.79 Å². The highest BCUT2D eigenvalue weighted by Gasteiger charge is 2.12. The molecule has 6 heteroatoms. The van der Waals surface area contributed by atoms with Crippen molar-refractivity contribution < 1.29 is 9.21 Å². The van der Waals surface area contributed by atoms with Crippen LogP contribution in [0.15, 0.2) is 39.7 Å². The molecule has 0 bridgehead atoms. The highest BCUT2D eigenvalue weighted by atomic mass is 79.9. The smallest absolute Gasteiger partial charge is 0.260 e. The van der Waals surface area contributed by atoms with E-state index in [1.807, 2.05) is 0 Å². The van der Waals surface area contributed by atoms with Crippen LogP contribution in [0.3, 0.4) is 0 Å². The molecule has 3 N–H and O–H groups in total. The lowest BCUT2D eigenvalue weighted by molar-refractivity contribution is 0.102. The number of furan rings is 1. The lowest BCUT2D eigenvalue weighted by Crippen LogP contribution is -2.11. The molecule has 2 aromatic rings. The van der Waals surface area contributed by atoms with Crippen molar-refractivity contribution in [3.63, 3.8) is 0 Å². The zero-order chi connectivity index (χ0) is 11.5. The fourth-order valence-electron chi connectivity index (χ4n) is 1.13. The predicted molar refractivity (Wildman–Crippen MR) is 63.0 cm³/mol. The molecule has 2 rings (SSSR count). The molecule has 1 amide bonds. The summed E-state index contributed by atoms with van der Waals surface area (Å²) in [5.74, 6) is 0.134. The van der Waals surface area contributed by atoms with E-state index in [-0.39, 0.29) is 5.91 Å². The molecule has 0 saturated heterocycles. The Labute approximate surface area is 99.8 Å². The number of nitrogens with two attached hydrogens (primary N) is 1. The van der Waals surface area contributed by atoms with Gasteiger partial charge >= 0.3 is 0 Å². The van der Waals surface area contributed by atoms with E-state index in [1.54, 1.807) is 18.2 Å². The van der Waals surface area contributed by atoms with Gasteiger partial charge in [0.25, 0.3) is 5.91 Å². The fourth-order valence-corrected chi connectivity index (χ4v) is 1.55. The van der Waals surface area contributed by atoms with Crippen LogP contribution in [-0.4, -0.2) is 10.9 Å². The van der Waals surface area contributed by atoms with Gasteiger partial charge in [0.05, 0.1) is 23.7 Å². The minimum Gasteiger partial charge on any atom is -0.457 e. The SMILES string of the molecule is Nc1ccc(NC(=O)c2ccoc2Br)cn1. The van der Waals surface area contributed by atoms with Crippen LogP contribution < -0.4 is 11.1 Å². The van der Waals surface area contributed by atoms with E-state index in [0.29, 0.717) is 21.7 Å². The fraction of sp³-hybridized carbons (Fsp3) is 0. The molecule has 82 valence electrons. The molecule has 0 spiro atoms. The minimum atomic E-state index is -0.271. The number of pyridine rings is 1. The summed E-state index contributed by atoms with van der Waals surface area (Å²) in [7, 11) is 0. The van der Waals surface area contributed by atoms with Gasteiger partial charge in [-0.15, -0.1) is 0 Å². The van der Waals surface area contributed by atoms with Gasteiger partial charge in [0.2, 0.25) is 0 Å². The van der Waals surface area contributed by atoms with Gasteiger partial charge in [-0.05, 0) is 34.1 Å². The molecule has 0 aliphatic carbocycles. The standard InChI is InChI=1S/C10H8BrN3O2/c11-9-7(3-4-16-9)10(15)14-6-1-2-8(12)13-5-6/h1-5H,(H2,12,13)(H,14,15). The van der Waals surface area contributed by atoms with E-state index in [4.69, 9.17) is 10.2 Å². The van der Waals surface area contributed by atoms with Crippen LogP contribution in [0.1, 0.15) is 10.4 Å². The summed E-state index contributed by atoms with van der Waals surface area (Å²) in [6, 6.07) is 4.86. The monoisotopic (exact) mass is 281 g/mol. The van der Waals surface area contributed by atoms with Crippen molar-refractivity contribution in [3.05, 3.63) is 40.9 Å². The maximum Gasteiger partial charge on any atom is 0.260 e. The number of nitrogens with zero attached hydrogens (tertiary/aromatic N) is 1. The maximum absolute atomic E-state index is 11.7. The first-order chi connectivity index (χ1) is 7.66. The molecule has 0 atom stereocenters. The Balaban J connectivity index is 2.14. The lowest BCUT2D eigenvalue weighted by Gasteiger charge is -2.03. The molecule has 0 saturated carbocycles. The van der Waals surface area contributed by atoms with Crippen LogP contribution in [0.25, 0.3) is 0 Å². The van der Waals surface area contributed by atoms with Crippen LogP contribution in [0.2, 0.25) is 0 Å². The molecule has 0 aliphatic heterocycles. The van der Waals surface area contributed by atoms with Gasteiger partial charge in [-0.1, -0.05) is 0 Å². The normalized spacial score (nSPS) is 10.1. The molecule has 0 aliphatic rings. The molecule has 0 fully saturated rings. The second-order valence-corrected chi connectivity index (χ2v) is 3.75. The number of nitrogens with one attached hydrogen (secondary N) is 1. The van der Waals surface area contributed by atoms with Crippen LogP contribution >= 0.6 is 15.9 Å². The first kappa shape index (κ1) is 10.7. The number of anilines is 2. The molecular weight excluding hydrogens is 274 g/mol. The quantitative estimate of drug-likeness (QED) is 0.885. The van der Waals surface area contributed by atoms with Crippen LogP contribution in [0.5, 0.6) is 0 Å². The summed E-state index contributed by atoms with van der Waals surface area (Å²) in [6.45, 7) is 0. The van der Waals surface area contributed by atoms with E-state index in [0.717, 1.165) is 0 Å². The summed E-state index contributed by atoms with van der Waals surface area (Å²) in [4.78, 5) is 15.6. The first-order valence-electron chi connectivity index (χ1n) is 4.42. The highest BCUT2D eigenvalue weighted by molar-refractivity contribution is 9.10. The van der Waals surface area contributed by atoms with Crippen molar-refractivity contribution in [2.45, 2.75) is 0 Å². The zero-order valence-corrected chi connectivity index (χ0v) is 9.69.